The van der Waals surface area contributed by atoms with Crippen LogP contribution < -0.4 is 19.7 Å². The first-order valence-corrected chi connectivity index (χ1v) is 10.4. The molecule has 2 aromatic rings. The molecule has 0 unspecified atom stereocenters. The molecule has 1 fully saturated rings. The van der Waals surface area contributed by atoms with E-state index in [2.05, 4.69) is 21.2 Å². The maximum atomic E-state index is 12.8. The van der Waals surface area contributed by atoms with E-state index < -0.39 is 17.9 Å². The minimum atomic E-state index is -0.530. The summed E-state index contributed by atoms with van der Waals surface area (Å²) in [6.45, 7) is 3.89. The van der Waals surface area contributed by atoms with Crippen molar-refractivity contribution in [1.82, 2.24) is 5.32 Å². The molecular formula is C22H21BrN2O6. The number of imide groups is 1. The molecule has 3 amide bonds. The van der Waals surface area contributed by atoms with Gasteiger partial charge in [0.2, 0.25) is 0 Å². The number of ether oxygens (including phenoxy) is 3. The quantitative estimate of drug-likeness (QED) is 0.344. The average Bonchev–Trinajstić information content (AvgIpc) is 3.03. The Balaban J connectivity index is 1.88. The van der Waals surface area contributed by atoms with Crippen molar-refractivity contribution in [2.75, 3.05) is 24.7 Å². The first-order valence-electron chi connectivity index (χ1n) is 9.61. The fourth-order valence-electron chi connectivity index (χ4n) is 2.88. The van der Waals surface area contributed by atoms with E-state index in [1.54, 1.807) is 55.5 Å². The molecular weight excluding hydrogens is 468 g/mol. The van der Waals surface area contributed by atoms with Gasteiger partial charge in [-0.1, -0.05) is 34.1 Å². The van der Waals surface area contributed by atoms with Crippen LogP contribution in [0.1, 0.15) is 19.4 Å². The number of nitrogens with one attached hydrogen (secondary N) is 1. The van der Waals surface area contributed by atoms with Crippen molar-refractivity contribution in [2.45, 2.75) is 13.8 Å². The highest BCUT2D eigenvalue weighted by molar-refractivity contribution is 9.10. The molecule has 1 aliphatic heterocycles. The zero-order valence-electron chi connectivity index (χ0n) is 17.0. The second-order valence-electron chi connectivity index (χ2n) is 6.31. The number of halogens is 1. The summed E-state index contributed by atoms with van der Waals surface area (Å²) in [6.07, 6.45) is 1.55. The number of hydrogen-bond donors (Lipinski definition) is 1. The zero-order valence-corrected chi connectivity index (χ0v) is 18.6. The largest absolute Gasteiger partial charge is 0.490 e. The summed E-state index contributed by atoms with van der Waals surface area (Å²) in [5.74, 6) is -0.230. The topological polar surface area (TPSA) is 94.2 Å². The van der Waals surface area contributed by atoms with Gasteiger partial charge in [0.15, 0.2) is 18.1 Å². The molecule has 0 radical (unpaired) electrons. The van der Waals surface area contributed by atoms with Gasteiger partial charge in [0.25, 0.3) is 5.91 Å². The number of carbonyl (C=O) groups excluding carboxylic acids is 3. The average molecular weight is 489 g/mol. The van der Waals surface area contributed by atoms with E-state index in [-0.39, 0.29) is 18.9 Å². The second-order valence-corrected chi connectivity index (χ2v) is 7.17. The van der Waals surface area contributed by atoms with E-state index in [1.165, 1.54) is 0 Å². The Labute approximate surface area is 187 Å². The lowest BCUT2D eigenvalue weighted by Gasteiger charge is -2.14. The first kappa shape index (κ1) is 22.4. The molecule has 1 saturated heterocycles. The predicted molar refractivity (Wildman–Crippen MR) is 118 cm³/mol. The first-order chi connectivity index (χ1) is 14.9. The van der Waals surface area contributed by atoms with Gasteiger partial charge in [-0.05, 0) is 49.8 Å². The number of amides is 3. The normalized spacial score (nSPS) is 14.5. The summed E-state index contributed by atoms with van der Waals surface area (Å²) in [5, 5.41) is 2.59. The van der Waals surface area contributed by atoms with Crippen molar-refractivity contribution in [3.05, 3.63) is 58.2 Å². The number of hydrogen-bond acceptors (Lipinski definition) is 6. The van der Waals surface area contributed by atoms with Gasteiger partial charge in [0.1, 0.15) is 5.70 Å². The maximum Gasteiger partial charge on any atom is 0.344 e. The number of rotatable bonds is 8. The smallest absolute Gasteiger partial charge is 0.344 e. The molecule has 0 saturated carbocycles. The van der Waals surface area contributed by atoms with Crippen LogP contribution in [0.15, 0.2) is 52.6 Å². The highest BCUT2D eigenvalue weighted by Gasteiger charge is 2.34. The van der Waals surface area contributed by atoms with Crippen LogP contribution in [0.2, 0.25) is 0 Å². The number of benzene rings is 2. The Kier molecular flexibility index (Phi) is 7.30. The summed E-state index contributed by atoms with van der Waals surface area (Å²) in [5.41, 5.74) is 1.19. The lowest BCUT2D eigenvalue weighted by Crippen LogP contribution is -2.30. The Morgan fingerprint density at radius 2 is 1.77 bits per heavy atom. The van der Waals surface area contributed by atoms with Gasteiger partial charge in [0, 0.05) is 4.47 Å². The molecule has 162 valence electrons. The molecule has 0 aromatic heterocycles. The van der Waals surface area contributed by atoms with Gasteiger partial charge < -0.3 is 19.5 Å². The van der Waals surface area contributed by atoms with Crippen LogP contribution in [0.4, 0.5) is 10.5 Å². The summed E-state index contributed by atoms with van der Waals surface area (Å²) in [6, 6.07) is 11.4. The molecule has 1 heterocycles. The second kappa shape index (κ2) is 10.1. The number of para-hydroxylation sites is 1. The SMILES string of the molecule is CCOC(=O)COc1cc(Br)c(/C=C2/NC(=O)N(c3ccccc3)C2=O)cc1OCC. The van der Waals surface area contributed by atoms with Crippen LogP contribution in [0.5, 0.6) is 11.5 Å². The highest BCUT2D eigenvalue weighted by atomic mass is 79.9. The molecule has 0 bridgehead atoms. The fraction of sp³-hybridized carbons (Fsp3) is 0.227. The third-order valence-corrected chi connectivity index (χ3v) is 4.89. The maximum absolute atomic E-state index is 12.8. The molecule has 0 atom stereocenters. The third kappa shape index (κ3) is 5.24. The van der Waals surface area contributed by atoms with Crippen LogP contribution in [-0.4, -0.2) is 37.7 Å². The van der Waals surface area contributed by atoms with E-state index in [0.717, 1.165) is 4.90 Å². The lowest BCUT2D eigenvalue weighted by molar-refractivity contribution is -0.145. The van der Waals surface area contributed by atoms with E-state index in [1.807, 2.05) is 6.92 Å². The van der Waals surface area contributed by atoms with Gasteiger partial charge in [-0.3, -0.25) is 4.79 Å². The van der Waals surface area contributed by atoms with Crippen LogP contribution in [0, 0.1) is 0 Å². The van der Waals surface area contributed by atoms with Crippen LogP contribution in [0.25, 0.3) is 6.08 Å². The Morgan fingerprint density at radius 3 is 2.45 bits per heavy atom. The summed E-state index contributed by atoms with van der Waals surface area (Å²) >= 11 is 3.44. The minimum absolute atomic E-state index is 0.122. The molecule has 1 N–H and O–H groups in total. The van der Waals surface area contributed by atoms with Gasteiger partial charge >= 0.3 is 12.0 Å². The predicted octanol–water partition coefficient (Wildman–Crippen LogP) is 3.89. The van der Waals surface area contributed by atoms with Crippen molar-refractivity contribution in [3.8, 4) is 11.5 Å². The van der Waals surface area contributed by atoms with Crippen molar-refractivity contribution in [1.29, 1.82) is 0 Å². The van der Waals surface area contributed by atoms with Crippen molar-refractivity contribution in [2.24, 2.45) is 0 Å². The Bertz CT molecular complexity index is 1020. The molecule has 3 rings (SSSR count). The Hall–Kier alpha value is -3.33. The lowest BCUT2D eigenvalue weighted by atomic mass is 10.1. The van der Waals surface area contributed by atoms with E-state index in [0.29, 0.717) is 33.8 Å². The molecule has 0 aliphatic carbocycles. The molecule has 2 aromatic carbocycles. The third-order valence-electron chi connectivity index (χ3n) is 4.21. The van der Waals surface area contributed by atoms with Gasteiger partial charge in [-0.25, -0.2) is 14.5 Å². The van der Waals surface area contributed by atoms with Gasteiger partial charge in [-0.2, -0.15) is 0 Å². The number of urea groups is 1. The Morgan fingerprint density at radius 1 is 1.06 bits per heavy atom. The van der Waals surface area contributed by atoms with Crippen molar-refractivity contribution in [3.63, 3.8) is 0 Å². The minimum Gasteiger partial charge on any atom is -0.490 e. The van der Waals surface area contributed by atoms with E-state index in [9.17, 15) is 14.4 Å². The van der Waals surface area contributed by atoms with E-state index >= 15 is 0 Å². The summed E-state index contributed by atoms with van der Waals surface area (Å²) in [7, 11) is 0. The summed E-state index contributed by atoms with van der Waals surface area (Å²) < 4.78 is 16.6. The van der Waals surface area contributed by atoms with Crippen molar-refractivity contribution < 1.29 is 28.6 Å². The van der Waals surface area contributed by atoms with Crippen LogP contribution >= 0.6 is 15.9 Å². The standard InChI is InChI=1S/C22H21BrN2O6/c1-3-29-18-11-14(16(23)12-19(18)31-13-20(26)30-4-2)10-17-21(27)25(22(28)24-17)15-8-6-5-7-9-15/h5-12H,3-4,13H2,1-2H3,(H,24,28)/b17-10+. The monoisotopic (exact) mass is 488 g/mol. The number of nitrogens with zero attached hydrogens (tertiary/aromatic N) is 1. The number of esters is 1. The number of anilines is 1. The number of carbonyl (C=O) groups is 3. The van der Waals surface area contributed by atoms with E-state index in [4.69, 9.17) is 14.2 Å². The fourth-order valence-corrected chi connectivity index (χ4v) is 3.32. The van der Waals surface area contributed by atoms with Crippen LogP contribution in [0.3, 0.4) is 0 Å². The van der Waals surface area contributed by atoms with Gasteiger partial charge in [-0.15, -0.1) is 0 Å². The molecule has 8 nitrogen and oxygen atoms in total. The highest BCUT2D eigenvalue weighted by Crippen LogP contribution is 2.35. The van der Waals surface area contributed by atoms with Crippen molar-refractivity contribution >= 4 is 45.6 Å². The molecule has 9 heteroatoms. The summed E-state index contributed by atoms with van der Waals surface area (Å²) in [4.78, 5) is 37.8. The molecule has 1 aliphatic rings. The zero-order chi connectivity index (χ0) is 22.4. The molecule has 0 spiro atoms. The van der Waals surface area contributed by atoms with Gasteiger partial charge in [0.05, 0.1) is 18.9 Å². The van der Waals surface area contributed by atoms with Crippen LogP contribution in [-0.2, 0) is 14.3 Å². The molecule has 31 heavy (non-hydrogen) atoms.